The second-order valence-corrected chi connectivity index (χ2v) is 5.76. The smallest absolute Gasteiger partial charge is 0.0997 e. The summed E-state index contributed by atoms with van der Waals surface area (Å²) in [5.74, 6) is 0. The molecule has 1 aromatic carbocycles. The van der Waals surface area contributed by atoms with Crippen molar-refractivity contribution < 1.29 is 0 Å². The number of aryl methyl sites for hydroxylation is 2. The van der Waals surface area contributed by atoms with Gasteiger partial charge in [-0.3, -0.25) is 4.98 Å². The van der Waals surface area contributed by atoms with Crippen LogP contribution in [0.25, 0.3) is 16.5 Å². The van der Waals surface area contributed by atoms with Gasteiger partial charge in [-0.15, -0.1) is 0 Å². The molecule has 4 nitrogen and oxygen atoms in total. The molecule has 4 rings (SSSR count). The zero-order valence-corrected chi connectivity index (χ0v) is 12.1. The van der Waals surface area contributed by atoms with Crippen molar-refractivity contribution in [3.8, 4) is 5.69 Å². The van der Waals surface area contributed by atoms with Gasteiger partial charge < -0.3 is 10.3 Å². The van der Waals surface area contributed by atoms with E-state index in [9.17, 15) is 0 Å². The molecule has 0 spiro atoms. The zero-order valence-electron chi connectivity index (χ0n) is 12.1. The maximum absolute atomic E-state index is 6.10. The Balaban J connectivity index is 2.01. The van der Waals surface area contributed by atoms with Gasteiger partial charge in [0.2, 0.25) is 0 Å². The molecule has 2 N–H and O–H groups in total. The van der Waals surface area contributed by atoms with Gasteiger partial charge in [0.25, 0.3) is 0 Å². The van der Waals surface area contributed by atoms with Gasteiger partial charge >= 0.3 is 0 Å². The molecule has 21 heavy (non-hydrogen) atoms. The van der Waals surface area contributed by atoms with Crippen LogP contribution in [0.1, 0.15) is 29.9 Å². The number of imidazole rings is 1. The second-order valence-electron chi connectivity index (χ2n) is 5.76. The van der Waals surface area contributed by atoms with E-state index < -0.39 is 0 Å². The summed E-state index contributed by atoms with van der Waals surface area (Å²) in [4.78, 5) is 8.97. The number of benzene rings is 1. The molecule has 3 aromatic rings. The van der Waals surface area contributed by atoms with Crippen LogP contribution in [0.5, 0.6) is 0 Å². The molecule has 1 aliphatic rings. The highest BCUT2D eigenvalue weighted by atomic mass is 15.1. The van der Waals surface area contributed by atoms with Gasteiger partial charge in [-0.25, -0.2) is 4.98 Å². The third-order valence-corrected chi connectivity index (χ3v) is 4.34. The lowest BCUT2D eigenvalue weighted by Crippen LogP contribution is -2.07. The van der Waals surface area contributed by atoms with Crippen LogP contribution in [0, 0.1) is 6.92 Å². The lowest BCUT2D eigenvalue weighted by molar-refractivity contribution is 0.656. The van der Waals surface area contributed by atoms with Crippen molar-refractivity contribution in [2.75, 3.05) is 5.73 Å². The molecule has 0 unspecified atom stereocenters. The molecule has 4 heteroatoms. The molecule has 2 aromatic heterocycles. The van der Waals surface area contributed by atoms with Crippen molar-refractivity contribution in [1.82, 2.24) is 14.5 Å². The van der Waals surface area contributed by atoms with E-state index in [0.717, 1.165) is 40.7 Å². The van der Waals surface area contributed by atoms with Gasteiger partial charge in [0, 0.05) is 34.0 Å². The van der Waals surface area contributed by atoms with E-state index in [-0.39, 0.29) is 0 Å². The van der Waals surface area contributed by atoms with Gasteiger partial charge in [0.05, 0.1) is 17.7 Å². The molecule has 2 heterocycles. The Kier molecular flexibility index (Phi) is 2.70. The van der Waals surface area contributed by atoms with Crippen LogP contribution in [0.2, 0.25) is 0 Å². The summed E-state index contributed by atoms with van der Waals surface area (Å²) in [5.41, 5.74) is 11.6. The van der Waals surface area contributed by atoms with E-state index in [0.29, 0.717) is 0 Å². The lowest BCUT2D eigenvalue weighted by atomic mass is 10.0. The van der Waals surface area contributed by atoms with Crippen LogP contribution in [0.3, 0.4) is 0 Å². The van der Waals surface area contributed by atoms with Gasteiger partial charge in [0.15, 0.2) is 0 Å². The van der Waals surface area contributed by atoms with E-state index in [1.807, 2.05) is 25.5 Å². The monoisotopic (exact) mass is 278 g/mol. The van der Waals surface area contributed by atoms with Gasteiger partial charge in [0.1, 0.15) is 0 Å². The van der Waals surface area contributed by atoms with Crippen LogP contribution in [0.4, 0.5) is 5.69 Å². The Bertz CT molecular complexity index is 832. The first-order chi connectivity index (χ1) is 10.2. The number of aromatic nitrogens is 3. The number of hydrogen-bond donors (Lipinski definition) is 1. The third kappa shape index (κ3) is 1.90. The number of hydrogen-bond acceptors (Lipinski definition) is 3. The molecule has 0 bridgehead atoms. The molecule has 0 radical (unpaired) electrons. The van der Waals surface area contributed by atoms with Gasteiger partial charge in [-0.05, 0) is 50.8 Å². The van der Waals surface area contributed by atoms with Gasteiger partial charge in [-0.1, -0.05) is 0 Å². The summed E-state index contributed by atoms with van der Waals surface area (Å²) in [6.45, 7) is 2.01. The van der Waals surface area contributed by atoms with Crippen LogP contribution in [0.15, 0.2) is 30.7 Å². The number of rotatable bonds is 1. The van der Waals surface area contributed by atoms with Crippen LogP contribution < -0.4 is 5.73 Å². The number of nitrogens with zero attached hydrogens (tertiary/aromatic N) is 3. The number of nitrogens with two attached hydrogens (primary N) is 1. The Morgan fingerprint density at radius 3 is 2.86 bits per heavy atom. The quantitative estimate of drug-likeness (QED) is 0.695. The first kappa shape index (κ1) is 12.4. The van der Waals surface area contributed by atoms with Crippen molar-refractivity contribution in [2.45, 2.75) is 32.6 Å². The van der Waals surface area contributed by atoms with Crippen LogP contribution in [-0.2, 0) is 12.8 Å². The summed E-state index contributed by atoms with van der Waals surface area (Å²) in [7, 11) is 0. The molecule has 0 saturated heterocycles. The fourth-order valence-corrected chi connectivity index (χ4v) is 3.24. The van der Waals surface area contributed by atoms with Crippen molar-refractivity contribution in [1.29, 1.82) is 0 Å². The van der Waals surface area contributed by atoms with E-state index in [2.05, 4.69) is 26.7 Å². The van der Waals surface area contributed by atoms with E-state index >= 15 is 0 Å². The highest BCUT2D eigenvalue weighted by molar-refractivity contribution is 5.98. The van der Waals surface area contributed by atoms with Gasteiger partial charge in [-0.2, -0.15) is 0 Å². The predicted molar refractivity (Wildman–Crippen MR) is 84.7 cm³/mol. The van der Waals surface area contributed by atoms with E-state index in [4.69, 9.17) is 5.73 Å². The second kappa shape index (κ2) is 4.58. The first-order valence-corrected chi connectivity index (χ1v) is 7.44. The highest BCUT2D eigenvalue weighted by Crippen LogP contribution is 2.30. The normalized spacial score (nSPS) is 14.3. The molecule has 0 amide bonds. The molecular weight excluding hydrogens is 260 g/mol. The van der Waals surface area contributed by atoms with Crippen molar-refractivity contribution in [3.05, 3.63) is 47.8 Å². The molecule has 1 aliphatic carbocycles. The first-order valence-electron chi connectivity index (χ1n) is 7.44. The lowest BCUT2D eigenvalue weighted by Gasteiger charge is -2.16. The Hall–Kier alpha value is -2.36. The Morgan fingerprint density at radius 2 is 1.95 bits per heavy atom. The van der Waals surface area contributed by atoms with Crippen LogP contribution in [-0.4, -0.2) is 14.5 Å². The summed E-state index contributed by atoms with van der Waals surface area (Å²) < 4.78 is 2.23. The average molecular weight is 278 g/mol. The minimum atomic E-state index is 0.773. The number of anilines is 1. The molecule has 0 aliphatic heterocycles. The largest absolute Gasteiger partial charge is 0.398 e. The number of pyridine rings is 1. The third-order valence-electron chi connectivity index (χ3n) is 4.34. The maximum Gasteiger partial charge on any atom is 0.0997 e. The SMILES string of the molecule is Cc1cc2c(-n3cnc4c3CCCC4)ccc(N)c2cn1. The zero-order chi connectivity index (χ0) is 14.4. The predicted octanol–water partition coefficient (Wildman–Crippen LogP) is 3.19. The van der Waals surface area contributed by atoms with Crippen molar-refractivity contribution >= 4 is 16.5 Å². The maximum atomic E-state index is 6.10. The molecular formula is C17H18N4. The van der Waals surface area contributed by atoms with Crippen molar-refractivity contribution in [2.24, 2.45) is 0 Å². The summed E-state index contributed by atoms with van der Waals surface area (Å²) in [5, 5.41) is 2.16. The number of nitrogen functional groups attached to an aromatic ring is 1. The topological polar surface area (TPSA) is 56.7 Å². The Labute approximate surface area is 123 Å². The molecule has 0 fully saturated rings. The standard InChI is InChI=1S/C17H18N4/c1-11-8-12-13(9-19-11)14(18)6-7-16(12)21-10-20-15-4-2-3-5-17(15)21/h6-10H,2-5,18H2,1H3. The van der Waals surface area contributed by atoms with Crippen LogP contribution >= 0.6 is 0 Å². The Morgan fingerprint density at radius 1 is 1.10 bits per heavy atom. The summed E-state index contributed by atoms with van der Waals surface area (Å²) in [6.07, 6.45) is 8.51. The molecule has 0 saturated carbocycles. The molecule has 0 atom stereocenters. The van der Waals surface area contributed by atoms with Crippen molar-refractivity contribution in [3.63, 3.8) is 0 Å². The minimum Gasteiger partial charge on any atom is -0.398 e. The highest BCUT2D eigenvalue weighted by Gasteiger charge is 2.17. The van der Waals surface area contributed by atoms with E-state index in [1.165, 1.54) is 24.2 Å². The average Bonchev–Trinajstić information content (AvgIpc) is 2.91. The fraction of sp³-hybridized carbons (Fsp3) is 0.294. The summed E-state index contributed by atoms with van der Waals surface area (Å²) >= 11 is 0. The van der Waals surface area contributed by atoms with E-state index in [1.54, 1.807) is 0 Å². The fourth-order valence-electron chi connectivity index (χ4n) is 3.24. The summed E-state index contributed by atoms with van der Waals surface area (Å²) in [6, 6.07) is 6.16. The number of fused-ring (bicyclic) bond motifs is 2. The molecule has 106 valence electrons. The minimum absolute atomic E-state index is 0.773.